The van der Waals surface area contributed by atoms with Gasteiger partial charge in [0.2, 0.25) is 0 Å². The molecule has 2 rings (SSSR count). The highest BCUT2D eigenvalue weighted by atomic mass is 15.0. The summed E-state index contributed by atoms with van der Waals surface area (Å²) in [4.78, 5) is 3.99. The van der Waals surface area contributed by atoms with Gasteiger partial charge < -0.3 is 14.5 Å². The van der Waals surface area contributed by atoms with Crippen LogP contribution in [0.4, 0.5) is 0 Å². The zero-order valence-electron chi connectivity index (χ0n) is 8.93. The fourth-order valence-corrected chi connectivity index (χ4v) is 1.53. The summed E-state index contributed by atoms with van der Waals surface area (Å²) in [5, 5.41) is 3.39. The fraction of sp³-hybridized carbons (Fsp3) is 0.364. The van der Waals surface area contributed by atoms with Gasteiger partial charge in [0, 0.05) is 51.5 Å². The van der Waals surface area contributed by atoms with Crippen molar-refractivity contribution >= 4 is 0 Å². The first kappa shape index (κ1) is 9.98. The number of aryl methyl sites for hydroxylation is 1. The van der Waals surface area contributed by atoms with E-state index in [0.717, 1.165) is 19.6 Å². The largest absolute Gasteiger partial charge is 0.357 e. The highest BCUT2D eigenvalue weighted by Crippen LogP contribution is 1.98. The summed E-state index contributed by atoms with van der Waals surface area (Å²) in [5.74, 6) is 0. The Morgan fingerprint density at radius 2 is 2.33 bits per heavy atom. The average Bonchev–Trinajstić information content (AvgIpc) is 2.84. The molecule has 0 aliphatic heterocycles. The number of hydrogen-bond donors (Lipinski definition) is 1. The number of rotatable bonds is 5. The molecule has 4 nitrogen and oxygen atoms in total. The smallest absolute Gasteiger partial charge is 0.0946 e. The van der Waals surface area contributed by atoms with E-state index in [1.165, 1.54) is 5.56 Å². The third-order valence-electron chi connectivity index (χ3n) is 2.33. The standard InChI is InChI=1S/C11H16N4/c1-14-5-2-11(9-14)8-12-3-6-15-7-4-13-10-15/h2,4-5,7,9-10,12H,3,6,8H2,1H3. The lowest BCUT2D eigenvalue weighted by Crippen LogP contribution is -2.18. The van der Waals surface area contributed by atoms with Crippen LogP contribution in [0, 0.1) is 0 Å². The maximum absolute atomic E-state index is 3.99. The van der Waals surface area contributed by atoms with E-state index >= 15 is 0 Å². The predicted molar refractivity (Wildman–Crippen MR) is 59.3 cm³/mol. The second-order valence-corrected chi connectivity index (χ2v) is 3.66. The number of aromatic nitrogens is 3. The Bertz CT molecular complexity index is 388. The van der Waals surface area contributed by atoms with E-state index in [0.29, 0.717) is 0 Å². The Hall–Kier alpha value is -1.55. The lowest BCUT2D eigenvalue weighted by molar-refractivity contribution is 0.597. The molecule has 4 heteroatoms. The third kappa shape index (κ3) is 2.95. The molecule has 80 valence electrons. The van der Waals surface area contributed by atoms with Crippen LogP contribution < -0.4 is 5.32 Å². The van der Waals surface area contributed by atoms with E-state index in [9.17, 15) is 0 Å². The van der Waals surface area contributed by atoms with Crippen molar-refractivity contribution in [2.45, 2.75) is 13.1 Å². The minimum absolute atomic E-state index is 0.926. The van der Waals surface area contributed by atoms with Gasteiger partial charge in [-0.1, -0.05) is 0 Å². The molecule has 0 fully saturated rings. The van der Waals surface area contributed by atoms with Crippen molar-refractivity contribution in [2.24, 2.45) is 7.05 Å². The van der Waals surface area contributed by atoms with Crippen molar-refractivity contribution in [3.05, 3.63) is 42.7 Å². The molecule has 0 unspecified atom stereocenters. The molecule has 0 amide bonds. The van der Waals surface area contributed by atoms with Crippen molar-refractivity contribution in [1.82, 2.24) is 19.4 Å². The first-order valence-electron chi connectivity index (χ1n) is 5.12. The van der Waals surface area contributed by atoms with Crippen LogP contribution in [0.2, 0.25) is 0 Å². The van der Waals surface area contributed by atoms with Crippen molar-refractivity contribution in [2.75, 3.05) is 6.54 Å². The van der Waals surface area contributed by atoms with E-state index in [4.69, 9.17) is 0 Å². The van der Waals surface area contributed by atoms with E-state index in [1.807, 2.05) is 19.6 Å². The van der Waals surface area contributed by atoms with Crippen molar-refractivity contribution in [3.8, 4) is 0 Å². The normalized spacial score (nSPS) is 10.7. The Morgan fingerprint density at radius 1 is 1.40 bits per heavy atom. The van der Waals surface area contributed by atoms with Gasteiger partial charge in [-0.2, -0.15) is 0 Å². The minimum Gasteiger partial charge on any atom is -0.357 e. The summed E-state index contributed by atoms with van der Waals surface area (Å²) >= 11 is 0. The lowest BCUT2D eigenvalue weighted by Gasteiger charge is -2.03. The average molecular weight is 204 g/mol. The molecule has 0 saturated carbocycles. The fourth-order valence-electron chi connectivity index (χ4n) is 1.53. The Morgan fingerprint density at radius 3 is 3.00 bits per heavy atom. The molecule has 15 heavy (non-hydrogen) atoms. The summed E-state index contributed by atoms with van der Waals surface area (Å²) in [6.45, 7) is 2.85. The van der Waals surface area contributed by atoms with Gasteiger partial charge in [0.15, 0.2) is 0 Å². The van der Waals surface area contributed by atoms with Crippen molar-refractivity contribution in [1.29, 1.82) is 0 Å². The zero-order chi connectivity index (χ0) is 10.5. The quantitative estimate of drug-likeness (QED) is 0.738. The van der Waals surface area contributed by atoms with Crippen LogP contribution in [0.25, 0.3) is 0 Å². The molecular weight excluding hydrogens is 188 g/mol. The summed E-state index contributed by atoms with van der Waals surface area (Å²) < 4.78 is 4.13. The molecule has 0 saturated heterocycles. The molecule has 0 spiro atoms. The van der Waals surface area contributed by atoms with Crippen LogP contribution in [-0.2, 0) is 20.1 Å². The highest BCUT2D eigenvalue weighted by molar-refractivity contribution is 5.09. The summed E-state index contributed by atoms with van der Waals surface area (Å²) in [6.07, 6.45) is 9.81. The van der Waals surface area contributed by atoms with Crippen LogP contribution in [0.5, 0.6) is 0 Å². The molecule has 0 bridgehead atoms. The SMILES string of the molecule is Cn1ccc(CNCCn2ccnc2)c1. The van der Waals surface area contributed by atoms with E-state index in [2.05, 4.69) is 37.9 Å². The first-order valence-corrected chi connectivity index (χ1v) is 5.12. The summed E-state index contributed by atoms with van der Waals surface area (Å²) in [6, 6.07) is 2.13. The molecule has 2 aromatic rings. The molecule has 2 aromatic heterocycles. The molecule has 2 heterocycles. The van der Waals surface area contributed by atoms with Gasteiger partial charge in [-0.05, 0) is 11.6 Å². The van der Waals surface area contributed by atoms with Crippen LogP contribution in [0.15, 0.2) is 37.2 Å². The third-order valence-corrected chi connectivity index (χ3v) is 2.33. The predicted octanol–water partition coefficient (Wildman–Crippen LogP) is 1.01. The van der Waals surface area contributed by atoms with Crippen LogP contribution in [-0.4, -0.2) is 20.7 Å². The van der Waals surface area contributed by atoms with Gasteiger partial charge in [-0.15, -0.1) is 0 Å². The molecule has 0 aromatic carbocycles. The second-order valence-electron chi connectivity index (χ2n) is 3.66. The second kappa shape index (κ2) is 4.79. The van der Waals surface area contributed by atoms with Gasteiger partial charge in [0.25, 0.3) is 0 Å². The molecular formula is C11H16N4. The Kier molecular flexibility index (Phi) is 3.19. The number of imidazole rings is 1. The van der Waals surface area contributed by atoms with Gasteiger partial charge in [-0.3, -0.25) is 0 Å². The Labute approximate surface area is 89.6 Å². The van der Waals surface area contributed by atoms with Crippen LogP contribution >= 0.6 is 0 Å². The number of hydrogen-bond acceptors (Lipinski definition) is 2. The minimum atomic E-state index is 0.926. The lowest BCUT2D eigenvalue weighted by atomic mass is 10.3. The van der Waals surface area contributed by atoms with E-state index in [1.54, 1.807) is 6.20 Å². The van der Waals surface area contributed by atoms with Crippen LogP contribution in [0.1, 0.15) is 5.56 Å². The van der Waals surface area contributed by atoms with E-state index in [-0.39, 0.29) is 0 Å². The number of nitrogens with one attached hydrogen (secondary N) is 1. The van der Waals surface area contributed by atoms with Crippen molar-refractivity contribution < 1.29 is 0 Å². The molecule has 0 atom stereocenters. The maximum atomic E-state index is 3.99. The summed E-state index contributed by atoms with van der Waals surface area (Å²) in [5.41, 5.74) is 1.32. The van der Waals surface area contributed by atoms with Crippen LogP contribution in [0.3, 0.4) is 0 Å². The zero-order valence-corrected chi connectivity index (χ0v) is 8.93. The summed E-state index contributed by atoms with van der Waals surface area (Å²) in [7, 11) is 2.04. The van der Waals surface area contributed by atoms with E-state index < -0.39 is 0 Å². The topological polar surface area (TPSA) is 34.8 Å². The van der Waals surface area contributed by atoms with Gasteiger partial charge in [0.05, 0.1) is 6.33 Å². The van der Waals surface area contributed by atoms with Gasteiger partial charge in [-0.25, -0.2) is 4.98 Å². The molecule has 1 N–H and O–H groups in total. The molecule has 0 aliphatic carbocycles. The maximum Gasteiger partial charge on any atom is 0.0946 e. The van der Waals surface area contributed by atoms with Gasteiger partial charge >= 0.3 is 0 Å². The Balaban J connectivity index is 1.67. The highest BCUT2D eigenvalue weighted by Gasteiger charge is 1.94. The molecule has 0 radical (unpaired) electrons. The monoisotopic (exact) mass is 204 g/mol. The van der Waals surface area contributed by atoms with Gasteiger partial charge in [0.1, 0.15) is 0 Å². The molecule has 0 aliphatic rings. The number of nitrogens with zero attached hydrogens (tertiary/aromatic N) is 3. The first-order chi connectivity index (χ1) is 7.34. The van der Waals surface area contributed by atoms with Crippen molar-refractivity contribution in [3.63, 3.8) is 0 Å².